The van der Waals surface area contributed by atoms with E-state index < -0.39 is 5.60 Å². The van der Waals surface area contributed by atoms with Crippen molar-refractivity contribution in [2.75, 3.05) is 6.54 Å². The van der Waals surface area contributed by atoms with Gasteiger partial charge in [0, 0.05) is 24.0 Å². The maximum atomic E-state index is 10.5. The molecule has 1 heterocycles. The second-order valence-corrected chi connectivity index (χ2v) is 5.64. The topological polar surface area (TPSA) is 45.1 Å². The van der Waals surface area contributed by atoms with Crippen molar-refractivity contribution >= 4 is 11.3 Å². The van der Waals surface area contributed by atoms with Crippen molar-refractivity contribution in [3.8, 4) is 0 Å². The normalized spacial score (nSPS) is 30.5. The summed E-state index contributed by atoms with van der Waals surface area (Å²) in [5, 5.41) is 17.0. The molecule has 0 unspecified atom stereocenters. The van der Waals surface area contributed by atoms with Crippen LogP contribution in [0.15, 0.2) is 11.6 Å². The quantitative estimate of drug-likeness (QED) is 0.846. The minimum Gasteiger partial charge on any atom is -0.389 e. The summed E-state index contributed by atoms with van der Waals surface area (Å²) < 4.78 is 0. The summed E-state index contributed by atoms with van der Waals surface area (Å²) in [5.41, 5.74) is -0.510. The molecule has 0 aliphatic heterocycles. The van der Waals surface area contributed by atoms with Crippen molar-refractivity contribution in [3.05, 3.63) is 16.6 Å². The zero-order chi connectivity index (χ0) is 11.4. The number of nitrogens with one attached hydrogen (secondary N) is 1. The Kier molecular flexibility index (Phi) is 3.95. The molecule has 90 valence electrons. The van der Waals surface area contributed by atoms with Gasteiger partial charge in [-0.05, 0) is 32.2 Å². The first-order valence-corrected chi connectivity index (χ1v) is 6.94. The van der Waals surface area contributed by atoms with E-state index in [1.807, 2.05) is 11.6 Å². The van der Waals surface area contributed by atoms with Gasteiger partial charge in [0.25, 0.3) is 0 Å². The number of thiazole rings is 1. The Labute approximate surface area is 101 Å². The molecular weight excluding hydrogens is 220 g/mol. The van der Waals surface area contributed by atoms with Gasteiger partial charge >= 0.3 is 0 Å². The van der Waals surface area contributed by atoms with E-state index in [9.17, 15) is 5.11 Å². The lowest BCUT2D eigenvalue weighted by Crippen LogP contribution is -2.42. The number of hydrogen-bond acceptors (Lipinski definition) is 4. The van der Waals surface area contributed by atoms with E-state index in [0.29, 0.717) is 6.04 Å². The Morgan fingerprint density at radius 2 is 2.31 bits per heavy atom. The summed E-state index contributed by atoms with van der Waals surface area (Å²) in [4.78, 5) is 4.25. The van der Waals surface area contributed by atoms with Crippen LogP contribution in [0.1, 0.15) is 37.6 Å². The Morgan fingerprint density at radius 1 is 1.56 bits per heavy atom. The van der Waals surface area contributed by atoms with Crippen molar-refractivity contribution in [2.45, 2.75) is 50.7 Å². The highest BCUT2D eigenvalue weighted by Gasteiger charge is 2.33. The minimum atomic E-state index is -0.510. The third kappa shape index (κ3) is 3.03. The minimum absolute atomic E-state index is 0.510. The maximum absolute atomic E-state index is 10.5. The van der Waals surface area contributed by atoms with Crippen molar-refractivity contribution in [1.82, 2.24) is 10.3 Å². The van der Waals surface area contributed by atoms with E-state index >= 15 is 0 Å². The monoisotopic (exact) mass is 240 g/mol. The molecule has 2 rings (SSSR count). The largest absolute Gasteiger partial charge is 0.389 e. The summed E-state index contributed by atoms with van der Waals surface area (Å²) in [6, 6.07) is 0.599. The fourth-order valence-electron chi connectivity index (χ4n) is 2.45. The van der Waals surface area contributed by atoms with Crippen LogP contribution in [0.4, 0.5) is 0 Å². The van der Waals surface area contributed by atoms with Crippen LogP contribution in [0.25, 0.3) is 0 Å². The maximum Gasteiger partial charge on any atom is 0.0953 e. The smallest absolute Gasteiger partial charge is 0.0953 e. The highest BCUT2D eigenvalue weighted by molar-refractivity contribution is 7.09. The lowest BCUT2D eigenvalue weighted by Gasteiger charge is -2.35. The third-order valence-corrected chi connectivity index (χ3v) is 4.15. The molecule has 1 fully saturated rings. The van der Waals surface area contributed by atoms with Gasteiger partial charge in [0.05, 0.1) is 10.6 Å². The summed E-state index contributed by atoms with van der Waals surface area (Å²) in [6.07, 6.45) is 6.48. The molecule has 1 aromatic heterocycles. The van der Waals surface area contributed by atoms with E-state index in [1.54, 1.807) is 11.3 Å². The molecule has 1 aliphatic carbocycles. The Balaban J connectivity index is 1.86. The first kappa shape index (κ1) is 12.0. The number of hydrogen-bond donors (Lipinski definition) is 2. The molecule has 3 nitrogen and oxygen atoms in total. The fourth-order valence-corrected chi connectivity index (χ4v) is 3.20. The second kappa shape index (κ2) is 5.25. The third-order valence-electron chi connectivity index (χ3n) is 3.37. The molecule has 0 atom stereocenters. The summed E-state index contributed by atoms with van der Waals surface area (Å²) in [7, 11) is 0. The van der Waals surface area contributed by atoms with Crippen LogP contribution in [0.5, 0.6) is 0 Å². The molecule has 0 bridgehead atoms. The van der Waals surface area contributed by atoms with E-state index in [4.69, 9.17) is 0 Å². The first-order valence-electron chi connectivity index (χ1n) is 6.06. The summed E-state index contributed by atoms with van der Waals surface area (Å²) in [6.45, 7) is 3.16. The van der Waals surface area contributed by atoms with E-state index in [2.05, 4.69) is 17.2 Å². The van der Waals surface area contributed by atoms with Gasteiger partial charge in [-0.3, -0.25) is 0 Å². The zero-order valence-electron chi connectivity index (χ0n) is 9.78. The molecule has 2 N–H and O–H groups in total. The van der Waals surface area contributed by atoms with E-state index in [1.165, 1.54) is 0 Å². The molecule has 0 saturated heterocycles. The molecular formula is C12H20N2OS. The van der Waals surface area contributed by atoms with Gasteiger partial charge in [0.2, 0.25) is 0 Å². The number of nitrogens with zero attached hydrogens (tertiary/aromatic N) is 1. The fraction of sp³-hybridized carbons (Fsp3) is 0.750. The molecule has 4 heteroatoms. The van der Waals surface area contributed by atoms with Crippen molar-refractivity contribution in [3.63, 3.8) is 0 Å². The van der Waals surface area contributed by atoms with Crippen LogP contribution in [-0.4, -0.2) is 28.3 Å². The lowest BCUT2D eigenvalue weighted by molar-refractivity contribution is -0.00297. The molecule has 0 radical (unpaired) electrons. The molecule has 16 heavy (non-hydrogen) atoms. The zero-order valence-corrected chi connectivity index (χ0v) is 10.6. The van der Waals surface area contributed by atoms with Crippen LogP contribution < -0.4 is 5.32 Å². The standard InChI is InChI=1S/C12H20N2OS/c1-2-13-10-3-5-12(15,6-4-10)9-11-14-7-8-16-11/h7-8,10,13,15H,2-6,9H2,1H3. The van der Waals surface area contributed by atoms with Gasteiger partial charge in [-0.15, -0.1) is 11.3 Å². The Morgan fingerprint density at radius 3 is 2.88 bits per heavy atom. The van der Waals surface area contributed by atoms with Crippen molar-refractivity contribution < 1.29 is 5.11 Å². The summed E-state index contributed by atoms with van der Waals surface area (Å²) >= 11 is 1.64. The Hall–Kier alpha value is -0.450. The predicted octanol–water partition coefficient (Wildman–Crippen LogP) is 1.97. The number of aliphatic hydroxyl groups is 1. The van der Waals surface area contributed by atoms with Gasteiger partial charge in [-0.25, -0.2) is 4.98 Å². The molecule has 0 spiro atoms. The molecule has 1 aromatic rings. The number of aromatic nitrogens is 1. The predicted molar refractivity (Wildman–Crippen MR) is 66.7 cm³/mol. The van der Waals surface area contributed by atoms with Gasteiger partial charge in [-0.2, -0.15) is 0 Å². The average Bonchev–Trinajstić information content (AvgIpc) is 2.74. The lowest BCUT2D eigenvalue weighted by atomic mass is 9.80. The molecule has 0 aromatic carbocycles. The average molecular weight is 240 g/mol. The SMILES string of the molecule is CCNC1CCC(O)(Cc2nccs2)CC1. The van der Waals surface area contributed by atoms with Gasteiger partial charge in [-0.1, -0.05) is 6.92 Å². The second-order valence-electron chi connectivity index (χ2n) is 4.66. The highest BCUT2D eigenvalue weighted by atomic mass is 32.1. The summed E-state index contributed by atoms with van der Waals surface area (Å²) in [5.74, 6) is 0. The molecule has 1 saturated carbocycles. The van der Waals surface area contributed by atoms with Crippen molar-refractivity contribution in [1.29, 1.82) is 0 Å². The van der Waals surface area contributed by atoms with Crippen LogP contribution in [0, 0.1) is 0 Å². The number of rotatable bonds is 4. The van der Waals surface area contributed by atoms with Crippen LogP contribution in [-0.2, 0) is 6.42 Å². The van der Waals surface area contributed by atoms with E-state index in [0.717, 1.165) is 43.7 Å². The molecule has 1 aliphatic rings. The van der Waals surface area contributed by atoms with Gasteiger partial charge in [0.15, 0.2) is 0 Å². The van der Waals surface area contributed by atoms with E-state index in [-0.39, 0.29) is 0 Å². The van der Waals surface area contributed by atoms with Gasteiger partial charge < -0.3 is 10.4 Å². The van der Waals surface area contributed by atoms with Crippen LogP contribution in [0.3, 0.4) is 0 Å². The Bertz CT molecular complexity index is 305. The first-order chi connectivity index (χ1) is 7.72. The van der Waals surface area contributed by atoms with Crippen molar-refractivity contribution in [2.24, 2.45) is 0 Å². The van der Waals surface area contributed by atoms with Crippen LogP contribution in [0.2, 0.25) is 0 Å². The highest BCUT2D eigenvalue weighted by Crippen LogP contribution is 2.31. The molecule has 0 amide bonds. The van der Waals surface area contributed by atoms with Gasteiger partial charge in [0.1, 0.15) is 0 Å². The van der Waals surface area contributed by atoms with Crippen LogP contribution >= 0.6 is 11.3 Å².